The van der Waals surface area contributed by atoms with Crippen LogP contribution in [0.25, 0.3) is 22.2 Å². The molecule has 2 aromatic carbocycles. The fraction of sp³-hybridized carbons (Fsp3) is 0.323. The van der Waals surface area contributed by atoms with E-state index in [0.717, 1.165) is 30.2 Å². The van der Waals surface area contributed by atoms with Crippen LogP contribution in [-0.2, 0) is 34.4 Å². The fourth-order valence-corrected chi connectivity index (χ4v) is 5.55. The molecule has 5 rings (SSSR count). The molecule has 11 nitrogen and oxygen atoms in total. The largest absolute Gasteiger partial charge is 0.493 e. The summed E-state index contributed by atoms with van der Waals surface area (Å²) in [6.45, 7) is 6.74. The number of nitrogens with one attached hydrogen (secondary N) is 2. The van der Waals surface area contributed by atoms with Gasteiger partial charge in [-0.2, -0.15) is 8.42 Å². The molecule has 4 aromatic rings. The predicted octanol–water partition coefficient (Wildman–Crippen LogP) is 4.41. The third kappa shape index (κ3) is 6.65. The van der Waals surface area contributed by atoms with Crippen molar-refractivity contribution >= 4 is 33.0 Å². The highest BCUT2D eigenvalue weighted by molar-refractivity contribution is 7.86. The molecule has 12 heteroatoms. The number of benzene rings is 2. The van der Waals surface area contributed by atoms with Crippen LogP contribution in [-0.4, -0.2) is 55.5 Å². The monoisotopic (exact) mass is 606 g/mol. The van der Waals surface area contributed by atoms with Gasteiger partial charge in [0.25, 0.3) is 5.91 Å². The summed E-state index contributed by atoms with van der Waals surface area (Å²) in [7, 11) is -2.55. The Bertz CT molecular complexity index is 1810. The lowest BCUT2D eigenvalue weighted by atomic mass is 9.98. The number of hydrogen-bond acceptors (Lipinski definition) is 9. The minimum atomic E-state index is -3.93. The molecule has 1 amide bonds. The van der Waals surface area contributed by atoms with Crippen molar-refractivity contribution in [1.29, 1.82) is 0 Å². The molecule has 2 aromatic heterocycles. The molecule has 0 aliphatic carbocycles. The van der Waals surface area contributed by atoms with Crippen LogP contribution in [0.1, 0.15) is 47.8 Å². The van der Waals surface area contributed by atoms with Crippen molar-refractivity contribution in [1.82, 2.24) is 20.2 Å². The van der Waals surface area contributed by atoms with Crippen molar-refractivity contribution in [3.63, 3.8) is 0 Å². The number of ether oxygens (including phenoxy) is 2. The zero-order chi connectivity index (χ0) is 30.9. The standard InChI is InChI=1S/C31H34N4O7S/c1-31(2,3)41-30(37)35-24-7-6-20(17-33-13-10-19-8-11-32-12-9-19)14-21(24)15-25(35)22-16-26(40-4)28(42-43(5,38)39)23-18-34-29(36)27(22)23/h6-9,11-12,14-16,33H,10,13,17-18H2,1-5H3,(H,34,36). The lowest BCUT2D eigenvalue weighted by Crippen LogP contribution is -2.27. The van der Waals surface area contributed by atoms with Crippen LogP contribution < -0.4 is 19.6 Å². The zero-order valence-corrected chi connectivity index (χ0v) is 25.5. The van der Waals surface area contributed by atoms with Gasteiger partial charge in [0.15, 0.2) is 11.5 Å². The van der Waals surface area contributed by atoms with Gasteiger partial charge in [-0.1, -0.05) is 6.07 Å². The maximum Gasteiger partial charge on any atom is 0.419 e. The molecule has 0 unspecified atom stereocenters. The Balaban J connectivity index is 1.59. The highest BCUT2D eigenvalue weighted by Gasteiger charge is 2.34. The summed E-state index contributed by atoms with van der Waals surface area (Å²) in [5.74, 6) is -0.385. The first-order valence-electron chi connectivity index (χ1n) is 13.7. The first-order valence-corrected chi connectivity index (χ1v) is 15.6. The van der Waals surface area contributed by atoms with Crippen LogP contribution in [0.4, 0.5) is 4.79 Å². The van der Waals surface area contributed by atoms with E-state index in [1.807, 2.05) is 36.4 Å². The molecule has 1 aliphatic rings. The smallest absolute Gasteiger partial charge is 0.419 e. The van der Waals surface area contributed by atoms with Gasteiger partial charge in [0.2, 0.25) is 0 Å². The molecule has 0 radical (unpaired) electrons. The molecule has 43 heavy (non-hydrogen) atoms. The molecule has 0 saturated heterocycles. The Morgan fingerprint density at radius 3 is 2.51 bits per heavy atom. The van der Waals surface area contributed by atoms with Crippen LogP contribution in [0.2, 0.25) is 0 Å². The molecule has 0 saturated carbocycles. The molecule has 0 bridgehead atoms. The Morgan fingerprint density at radius 2 is 1.84 bits per heavy atom. The van der Waals surface area contributed by atoms with Gasteiger partial charge in [-0.05, 0) is 81.3 Å². The second-order valence-electron chi connectivity index (χ2n) is 11.3. The third-order valence-corrected chi connectivity index (χ3v) is 7.31. The lowest BCUT2D eigenvalue weighted by molar-refractivity contribution is 0.0546. The molecular formula is C31H34N4O7S. The fourth-order valence-electron chi connectivity index (χ4n) is 5.07. The highest BCUT2D eigenvalue weighted by Crippen LogP contribution is 2.44. The van der Waals surface area contributed by atoms with Gasteiger partial charge in [-0.25, -0.2) is 9.36 Å². The van der Waals surface area contributed by atoms with E-state index in [4.69, 9.17) is 13.7 Å². The number of carbonyl (C=O) groups is 2. The van der Waals surface area contributed by atoms with E-state index in [1.165, 1.54) is 23.3 Å². The molecule has 0 atom stereocenters. The molecule has 0 fully saturated rings. The molecule has 1 aliphatic heterocycles. The van der Waals surface area contributed by atoms with Crippen LogP contribution in [0, 0.1) is 0 Å². The predicted molar refractivity (Wildman–Crippen MR) is 162 cm³/mol. The van der Waals surface area contributed by atoms with Crippen molar-refractivity contribution in [3.8, 4) is 22.8 Å². The molecule has 2 N–H and O–H groups in total. The summed E-state index contributed by atoms with van der Waals surface area (Å²) in [6, 6.07) is 13.1. The van der Waals surface area contributed by atoms with Crippen molar-refractivity contribution in [2.75, 3.05) is 19.9 Å². The van der Waals surface area contributed by atoms with Crippen LogP contribution in [0.15, 0.2) is 54.9 Å². The number of methoxy groups -OCH3 is 1. The average Bonchev–Trinajstić information content (AvgIpc) is 3.51. The Morgan fingerprint density at radius 1 is 1.09 bits per heavy atom. The summed E-state index contributed by atoms with van der Waals surface area (Å²) in [4.78, 5) is 30.8. The number of pyridine rings is 1. The first kappa shape index (κ1) is 30.1. The van der Waals surface area contributed by atoms with Gasteiger partial charge in [0, 0.05) is 42.0 Å². The number of nitrogens with zero attached hydrogens (tertiary/aromatic N) is 2. The van der Waals surface area contributed by atoms with Gasteiger partial charge < -0.3 is 24.3 Å². The van der Waals surface area contributed by atoms with Gasteiger partial charge in [0.1, 0.15) is 5.60 Å². The van der Waals surface area contributed by atoms with E-state index in [-0.39, 0.29) is 23.6 Å². The number of aromatic nitrogens is 2. The van der Waals surface area contributed by atoms with E-state index < -0.39 is 27.7 Å². The van der Waals surface area contributed by atoms with E-state index in [9.17, 15) is 18.0 Å². The molecule has 226 valence electrons. The van der Waals surface area contributed by atoms with E-state index in [0.29, 0.717) is 28.9 Å². The van der Waals surface area contributed by atoms with Crippen LogP contribution in [0.5, 0.6) is 11.5 Å². The minimum Gasteiger partial charge on any atom is -0.493 e. The van der Waals surface area contributed by atoms with Crippen molar-refractivity contribution in [2.24, 2.45) is 0 Å². The topological polar surface area (TPSA) is 138 Å². The van der Waals surface area contributed by atoms with E-state index >= 15 is 0 Å². The first-order chi connectivity index (χ1) is 20.3. The maximum atomic E-state index is 13.6. The maximum absolute atomic E-state index is 13.6. The quantitative estimate of drug-likeness (QED) is 0.210. The SMILES string of the molecule is COc1cc(-c2cc3cc(CNCCc4ccncc4)ccc3n2C(=O)OC(C)(C)C)c2c(c1OS(C)(=O)=O)CNC2=O. The second-order valence-corrected chi connectivity index (χ2v) is 12.9. The number of amides is 1. The Hall–Kier alpha value is -4.42. The highest BCUT2D eigenvalue weighted by atomic mass is 32.2. The molecule has 0 spiro atoms. The van der Waals surface area contributed by atoms with Crippen LogP contribution in [0.3, 0.4) is 0 Å². The van der Waals surface area contributed by atoms with Crippen molar-refractivity contribution < 1.29 is 31.7 Å². The van der Waals surface area contributed by atoms with Gasteiger partial charge >= 0.3 is 16.2 Å². The average molecular weight is 607 g/mol. The van der Waals surface area contributed by atoms with E-state index in [1.54, 1.807) is 33.2 Å². The molecule has 3 heterocycles. The van der Waals surface area contributed by atoms with Gasteiger partial charge in [-0.15, -0.1) is 0 Å². The Labute approximate surface area is 250 Å². The number of carbonyl (C=O) groups excluding carboxylic acids is 2. The Kier molecular flexibility index (Phi) is 8.17. The summed E-state index contributed by atoms with van der Waals surface area (Å²) in [6.07, 6.45) is 4.71. The normalized spacial score (nSPS) is 13.1. The zero-order valence-electron chi connectivity index (χ0n) is 24.7. The lowest BCUT2D eigenvalue weighted by Gasteiger charge is -2.22. The molecular weight excluding hydrogens is 572 g/mol. The van der Waals surface area contributed by atoms with E-state index in [2.05, 4.69) is 15.6 Å². The number of fused-ring (bicyclic) bond motifs is 2. The van der Waals surface area contributed by atoms with Crippen molar-refractivity contribution in [2.45, 2.75) is 45.9 Å². The van der Waals surface area contributed by atoms with Crippen LogP contribution >= 0.6 is 0 Å². The van der Waals surface area contributed by atoms with Gasteiger partial charge in [-0.3, -0.25) is 9.78 Å². The van der Waals surface area contributed by atoms with Crippen molar-refractivity contribution in [3.05, 3.63) is 77.1 Å². The number of rotatable bonds is 9. The summed E-state index contributed by atoms with van der Waals surface area (Å²) in [5, 5.41) is 6.95. The minimum absolute atomic E-state index is 0.0329. The second kappa shape index (κ2) is 11.7. The summed E-state index contributed by atoms with van der Waals surface area (Å²) in [5.41, 5.74) is 3.30. The summed E-state index contributed by atoms with van der Waals surface area (Å²) >= 11 is 0. The third-order valence-electron chi connectivity index (χ3n) is 6.84. The summed E-state index contributed by atoms with van der Waals surface area (Å²) < 4.78 is 42.0. The van der Waals surface area contributed by atoms with Gasteiger partial charge in [0.05, 0.1) is 30.1 Å². The number of hydrogen-bond donors (Lipinski definition) is 2.